The lowest BCUT2D eigenvalue weighted by molar-refractivity contribution is 0.318. The Kier molecular flexibility index (Phi) is 3.10. The van der Waals surface area contributed by atoms with E-state index in [0.717, 1.165) is 0 Å². The minimum atomic E-state index is -0.507. The molecule has 0 amide bonds. The fourth-order valence-corrected chi connectivity index (χ4v) is 1.93. The molecule has 0 aliphatic carbocycles. The zero-order valence-corrected chi connectivity index (χ0v) is 10.1. The molecule has 0 atom stereocenters. The van der Waals surface area contributed by atoms with Crippen LogP contribution in [-0.2, 0) is 0 Å². The molecule has 0 aliphatic heterocycles. The van der Waals surface area contributed by atoms with E-state index in [1.165, 1.54) is 17.0 Å². The number of aromatic nitrogens is 2. The van der Waals surface area contributed by atoms with Gasteiger partial charge < -0.3 is 15.5 Å². The van der Waals surface area contributed by atoms with Gasteiger partial charge in [-0.3, -0.25) is 0 Å². The number of benzene rings is 1. The molecule has 0 saturated heterocycles. The summed E-state index contributed by atoms with van der Waals surface area (Å²) in [4.78, 5) is 3.84. The van der Waals surface area contributed by atoms with Crippen LogP contribution in [0.4, 0.5) is 4.39 Å². The highest BCUT2D eigenvalue weighted by molar-refractivity contribution is 9.10. The first-order chi connectivity index (χ1) is 8.15. The first-order valence-corrected chi connectivity index (χ1v) is 5.38. The van der Waals surface area contributed by atoms with Crippen LogP contribution >= 0.6 is 15.9 Å². The number of nitrogens with zero attached hydrogens (tertiary/aromatic N) is 3. The predicted molar refractivity (Wildman–Crippen MR) is 63.7 cm³/mol. The van der Waals surface area contributed by atoms with Crippen molar-refractivity contribution < 1.29 is 9.60 Å². The molecule has 1 heterocycles. The van der Waals surface area contributed by atoms with Crippen LogP contribution in [0.25, 0.3) is 5.69 Å². The quantitative estimate of drug-likeness (QED) is 0.385. The van der Waals surface area contributed by atoms with Crippen LogP contribution in [0.5, 0.6) is 0 Å². The van der Waals surface area contributed by atoms with Crippen molar-refractivity contribution in [1.29, 1.82) is 0 Å². The van der Waals surface area contributed by atoms with E-state index in [4.69, 9.17) is 10.9 Å². The van der Waals surface area contributed by atoms with Gasteiger partial charge in [0.2, 0.25) is 0 Å². The summed E-state index contributed by atoms with van der Waals surface area (Å²) in [5.41, 5.74) is 6.03. The average Bonchev–Trinajstić information content (AvgIpc) is 2.85. The molecule has 0 fully saturated rings. The Balaban J connectivity index is 2.58. The van der Waals surface area contributed by atoms with E-state index in [1.54, 1.807) is 18.5 Å². The summed E-state index contributed by atoms with van der Waals surface area (Å²) in [5, 5.41) is 11.4. The molecule has 0 bridgehead atoms. The highest BCUT2D eigenvalue weighted by Crippen LogP contribution is 2.25. The Labute approximate surface area is 105 Å². The van der Waals surface area contributed by atoms with Crippen molar-refractivity contribution in [2.24, 2.45) is 10.9 Å². The molecular formula is C10H8BrFN4O. The van der Waals surface area contributed by atoms with E-state index in [2.05, 4.69) is 26.1 Å². The van der Waals surface area contributed by atoms with Crippen LogP contribution in [-0.4, -0.2) is 20.6 Å². The fourth-order valence-electron chi connectivity index (χ4n) is 1.39. The zero-order chi connectivity index (χ0) is 12.4. The normalized spacial score (nSPS) is 11.8. The third-order valence-corrected chi connectivity index (χ3v) is 3.00. The Morgan fingerprint density at radius 3 is 2.88 bits per heavy atom. The molecule has 2 rings (SSSR count). The van der Waals surface area contributed by atoms with E-state index in [0.29, 0.717) is 5.69 Å². The van der Waals surface area contributed by atoms with E-state index in [-0.39, 0.29) is 15.9 Å². The summed E-state index contributed by atoms with van der Waals surface area (Å²) < 4.78 is 15.7. The summed E-state index contributed by atoms with van der Waals surface area (Å²) in [5.74, 6) is -0.667. The lowest BCUT2D eigenvalue weighted by Crippen LogP contribution is -2.15. The van der Waals surface area contributed by atoms with Crippen LogP contribution < -0.4 is 5.73 Å². The molecule has 1 aromatic carbocycles. The standard InChI is InChI=1S/C10H8BrFN4O/c11-8-6(10(13)15-17)1-2-7(9(8)12)16-4-3-14-5-16/h1-5,17H,(H2,13,15). The molecule has 17 heavy (non-hydrogen) atoms. The molecule has 0 saturated carbocycles. The molecule has 2 aromatic rings. The Morgan fingerprint density at radius 2 is 2.29 bits per heavy atom. The SMILES string of the molecule is N/C(=N/O)c1ccc(-n2ccnc2)c(F)c1Br. The van der Waals surface area contributed by atoms with Gasteiger partial charge in [0.05, 0.1) is 16.5 Å². The monoisotopic (exact) mass is 298 g/mol. The van der Waals surface area contributed by atoms with Gasteiger partial charge in [0.15, 0.2) is 11.7 Å². The van der Waals surface area contributed by atoms with Crippen molar-refractivity contribution in [2.75, 3.05) is 0 Å². The van der Waals surface area contributed by atoms with Gasteiger partial charge in [-0.15, -0.1) is 0 Å². The maximum absolute atomic E-state index is 14.0. The number of imidazole rings is 1. The lowest BCUT2D eigenvalue weighted by Gasteiger charge is -2.09. The minimum absolute atomic E-state index is 0.138. The highest BCUT2D eigenvalue weighted by Gasteiger charge is 2.14. The number of hydrogen-bond acceptors (Lipinski definition) is 3. The van der Waals surface area contributed by atoms with Gasteiger partial charge in [0.1, 0.15) is 0 Å². The number of rotatable bonds is 2. The summed E-state index contributed by atoms with van der Waals surface area (Å²) in [6, 6.07) is 3.08. The molecule has 0 spiro atoms. The predicted octanol–water partition coefficient (Wildman–Crippen LogP) is 1.87. The molecule has 0 radical (unpaired) electrons. The summed E-state index contributed by atoms with van der Waals surface area (Å²) >= 11 is 3.08. The van der Waals surface area contributed by atoms with Crippen LogP contribution in [0.3, 0.4) is 0 Å². The first kappa shape index (κ1) is 11.6. The van der Waals surface area contributed by atoms with Crippen molar-refractivity contribution in [2.45, 2.75) is 0 Å². The molecular weight excluding hydrogens is 291 g/mol. The summed E-state index contributed by atoms with van der Waals surface area (Å²) in [6.45, 7) is 0. The van der Waals surface area contributed by atoms with E-state index in [1.807, 2.05) is 0 Å². The van der Waals surface area contributed by atoms with Gasteiger partial charge in [-0.1, -0.05) is 5.16 Å². The second-order valence-corrected chi connectivity index (χ2v) is 4.01. The molecule has 7 heteroatoms. The van der Waals surface area contributed by atoms with Gasteiger partial charge in [-0.25, -0.2) is 9.37 Å². The van der Waals surface area contributed by atoms with E-state index >= 15 is 0 Å². The third kappa shape index (κ3) is 2.01. The zero-order valence-electron chi connectivity index (χ0n) is 8.51. The van der Waals surface area contributed by atoms with Crippen LogP contribution in [0.1, 0.15) is 5.56 Å². The second-order valence-electron chi connectivity index (χ2n) is 3.22. The van der Waals surface area contributed by atoms with Gasteiger partial charge in [-0.2, -0.15) is 0 Å². The average molecular weight is 299 g/mol. The van der Waals surface area contributed by atoms with Gasteiger partial charge in [0.25, 0.3) is 0 Å². The van der Waals surface area contributed by atoms with Crippen molar-refractivity contribution >= 4 is 21.8 Å². The second kappa shape index (κ2) is 4.54. The number of oxime groups is 1. The lowest BCUT2D eigenvalue weighted by atomic mass is 10.2. The topological polar surface area (TPSA) is 76.4 Å². The Bertz CT molecular complexity index is 568. The molecule has 0 aliphatic rings. The largest absolute Gasteiger partial charge is 0.409 e. The summed E-state index contributed by atoms with van der Waals surface area (Å²) in [7, 11) is 0. The number of nitrogens with two attached hydrogens (primary N) is 1. The molecule has 5 nitrogen and oxygen atoms in total. The van der Waals surface area contributed by atoms with Gasteiger partial charge in [0, 0.05) is 18.0 Å². The summed E-state index contributed by atoms with van der Waals surface area (Å²) in [6.07, 6.45) is 4.65. The van der Waals surface area contributed by atoms with Crippen LogP contribution in [0.15, 0.2) is 40.5 Å². The van der Waals surface area contributed by atoms with Crippen molar-refractivity contribution in [3.63, 3.8) is 0 Å². The maximum atomic E-state index is 14.0. The molecule has 3 N–H and O–H groups in total. The number of hydrogen-bond donors (Lipinski definition) is 2. The number of halogens is 2. The van der Waals surface area contributed by atoms with E-state index in [9.17, 15) is 4.39 Å². The Hall–Kier alpha value is -1.89. The van der Waals surface area contributed by atoms with Gasteiger partial charge >= 0.3 is 0 Å². The molecule has 88 valence electrons. The van der Waals surface area contributed by atoms with E-state index < -0.39 is 5.82 Å². The van der Waals surface area contributed by atoms with Crippen molar-refractivity contribution in [1.82, 2.24) is 9.55 Å². The minimum Gasteiger partial charge on any atom is -0.409 e. The number of amidine groups is 1. The van der Waals surface area contributed by atoms with Crippen LogP contribution in [0.2, 0.25) is 0 Å². The fraction of sp³-hybridized carbons (Fsp3) is 0. The third-order valence-electron chi connectivity index (χ3n) is 2.23. The maximum Gasteiger partial charge on any atom is 0.171 e. The van der Waals surface area contributed by atoms with Crippen LogP contribution in [0, 0.1) is 5.82 Å². The Morgan fingerprint density at radius 1 is 1.53 bits per heavy atom. The van der Waals surface area contributed by atoms with Crippen molar-refractivity contribution in [3.05, 3.63) is 46.7 Å². The molecule has 0 unspecified atom stereocenters. The first-order valence-electron chi connectivity index (χ1n) is 4.59. The highest BCUT2D eigenvalue weighted by atomic mass is 79.9. The van der Waals surface area contributed by atoms with Gasteiger partial charge in [-0.05, 0) is 28.1 Å². The smallest absolute Gasteiger partial charge is 0.171 e. The molecule has 1 aromatic heterocycles. The van der Waals surface area contributed by atoms with Crippen molar-refractivity contribution in [3.8, 4) is 5.69 Å².